The molecule has 1 aromatic carbocycles. The topological polar surface area (TPSA) is 30.5 Å². The van der Waals surface area contributed by atoms with Crippen LogP contribution in [0.15, 0.2) is 18.2 Å². The van der Waals surface area contributed by atoms with E-state index in [1.165, 1.54) is 18.6 Å². The van der Waals surface area contributed by atoms with Crippen molar-refractivity contribution in [1.29, 1.82) is 0 Å². The summed E-state index contributed by atoms with van der Waals surface area (Å²) in [5.41, 5.74) is 0.724. The Labute approximate surface area is 119 Å². The molecule has 1 aromatic rings. The molecule has 1 N–H and O–H groups in total. The van der Waals surface area contributed by atoms with Gasteiger partial charge in [-0.1, -0.05) is 12.5 Å². The molecule has 1 fully saturated rings. The van der Waals surface area contributed by atoms with Gasteiger partial charge >= 0.3 is 0 Å². The van der Waals surface area contributed by atoms with Crippen LogP contribution in [-0.4, -0.2) is 25.9 Å². The molecule has 2 aliphatic rings. The highest BCUT2D eigenvalue weighted by molar-refractivity contribution is 5.40. The average Bonchev–Trinajstić information content (AvgIpc) is 2.46. The van der Waals surface area contributed by atoms with E-state index in [0.717, 1.165) is 31.2 Å². The molecule has 1 aliphatic carbocycles. The Morgan fingerprint density at radius 1 is 1.40 bits per heavy atom. The Bertz CT molecular complexity index is 493. The SMILES string of the molecule is CNC1CC2(CCCCC2OC)Oc2cc(F)ccc21. The molecule has 1 aliphatic heterocycles. The van der Waals surface area contributed by atoms with E-state index in [-0.39, 0.29) is 23.6 Å². The van der Waals surface area contributed by atoms with Gasteiger partial charge in [0.05, 0.1) is 6.10 Å². The van der Waals surface area contributed by atoms with Gasteiger partial charge in [-0.2, -0.15) is 0 Å². The summed E-state index contributed by atoms with van der Waals surface area (Å²) in [7, 11) is 3.69. The number of benzene rings is 1. The standard InChI is InChI=1S/C16H22FNO2/c1-18-13-10-16(8-4-3-5-15(16)19-2)20-14-9-11(17)6-7-12(13)14/h6-7,9,13,15,18H,3-5,8,10H2,1-2H3. The summed E-state index contributed by atoms with van der Waals surface area (Å²) in [6.45, 7) is 0. The van der Waals surface area contributed by atoms with Crippen molar-refractivity contribution in [3.05, 3.63) is 29.6 Å². The quantitative estimate of drug-likeness (QED) is 0.902. The van der Waals surface area contributed by atoms with Crippen molar-refractivity contribution in [3.8, 4) is 5.75 Å². The molecule has 110 valence electrons. The van der Waals surface area contributed by atoms with Crippen LogP contribution in [-0.2, 0) is 4.74 Å². The van der Waals surface area contributed by atoms with E-state index in [1.54, 1.807) is 7.11 Å². The summed E-state index contributed by atoms with van der Waals surface area (Å²) in [6.07, 6.45) is 5.26. The molecular formula is C16H22FNO2. The normalized spacial score (nSPS) is 32.8. The molecule has 1 spiro atoms. The molecule has 0 bridgehead atoms. The predicted molar refractivity (Wildman–Crippen MR) is 75.4 cm³/mol. The minimum Gasteiger partial charge on any atom is -0.484 e. The Balaban J connectivity index is 2.00. The maximum atomic E-state index is 13.5. The second kappa shape index (κ2) is 5.34. The molecule has 0 aromatic heterocycles. The van der Waals surface area contributed by atoms with Crippen LogP contribution in [0.5, 0.6) is 5.75 Å². The smallest absolute Gasteiger partial charge is 0.137 e. The Kier molecular flexibility index (Phi) is 3.69. The predicted octanol–water partition coefficient (Wildman–Crippen LogP) is 3.20. The molecule has 3 atom stereocenters. The van der Waals surface area contributed by atoms with Crippen LogP contribution in [0.1, 0.15) is 43.7 Å². The average molecular weight is 279 g/mol. The first kappa shape index (κ1) is 13.8. The lowest BCUT2D eigenvalue weighted by Gasteiger charge is -2.48. The van der Waals surface area contributed by atoms with Gasteiger partial charge in [-0.25, -0.2) is 4.39 Å². The summed E-state index contributed by atoms with van der Waals surface area (Å²) in [4.78, 5) is 0. The lowest BCUT2D eigenvalue weighted by molar-refractivity contribution is -0.115. The zero-order chi connectivity index (χ0) is 14.2. The molecule has 0 radical (unpaired) electrons. The zero-order valence-corrected chi connectivity index (χ0v) is 12.1. The number of hydrogen-bond donors (Lipinski definition) is 1. The highest BCUT2D eigenvalue weighted by Crippen LogP contribution is 2.47. The molecule has 4 heteroatoms. The number of ether oxygens (including phenoxy) is 2. The fourth-order valence-electron chi connectivity index (χ4n) is 3.72. The maximum absolute atomic E-state index is 13.5. The third-order valence-electron chi connectivity index (χ3n) is 4.75. The molecule has 0 saturated heterocycles. The minimum atomic E-state index is -0.318. The first-order valence-electron chi connectivity index (χ1n) is 7.37. The second-order valence-corrected chi connectivity index (χ2v) is 5.86. The molecule has 3 nitrogen and oxygen atoms in total. The van der Waals surface area contributed by atoms with Gasteiger partial charge in [-0.3, -0.25) is 0 Å². The fourth-order valence-corrected chi connectivity index (χ4v) is 3.72. The molecule has 0 amide bonds. The zero-order valence-electron chi connectivity index (χ0n) is 12.1. The number of nitrogens with one attached hydrogen (secondary N) is 1. The van der Waals surface area contributed by atoms with Crippen molar-refractivity contribution in [2.24, 2.45) is 0 Å². The van der Waals surface area contributed by atoms with Crippen molar-refractivity contribution in [3.63, 3.8) is 0 Å². The van der Waals surface area contributed by atoms with E-state index in [0.29, 0.717) is 5.75 Å². The van der Waals surface area contributed by atoms with Gasteiger partial charge < -0.3 is 14.8 Å². The molecule has 1 saturated carbocycles. The lowest BCUT2D eigenvalue weighted by Crippen LogP contribution is -2.54. The van der Waals surface area contributed by atoms with Gasteiger partial charge in [-0.05, 0) is 32.4 Å². The van der Waals surface area contributed by atoms with Crippen LogP contribution in [0.2, 0.25) is 0 Å². The minimum absolute atomic E-state index is 0.0866. The number of rotatable bonds is 2. The van der Waals surface area contributed by atoms with Crippen molar-refractivity contribution < 1.29 is 13.9 Å². The summed E-state index contributed by atoms with van der Waals surface area (Å²) in [6, 6.07) is 5.01. The number of halogens is 1. The van der Waals surface area contributed by atoms with E-state index in [4.69, 9.17) is 9.47 Å². The van der Waals surface area contributed by atoms with E-state index in [9.17, 15) is 4.39 Å². The highest BCUT2D eigenvalue weighted by atomic mass is 19.1. The van der Waals surface area contributed by atoms with Crippen molar-refractivity contribution in [2.75, 3.05) is 14.2 Å². The van der Waals surface area contributed by atoms with Crippen LogP contribution < -0.4 is 10.1 Å². The molecule has 20 heavy (non-hydrogen) atoms. The highest BCUT2D eigenvalue weighted by Gasteiger charge is 2.48. The van der Waals surface area contributed by atoms with E-state index in [2.05, 4.69) is 5.32 Å². The first-order chi connectivity index (χ1) is 9.68. The maximum Gasteiger partial charge on any atom is 0.137 e. The van der Waals surface area contributed by atoms with Gasteiger partial charge in [0.1, 0.15) is 17.2 Å². The van der Waals surface area contributed by atoms with Crippen molar-refractivity contribution in [2.45, 2.75) is 49.9 Å². The Morgan fingerprint density at radius 2 is 2.25 bits per heavy atom. The van der Waals surface area contributed by atoms with E-state index in [1.807, 2.05) is 13.1 Å². The first-order valence-corrected chi connectivity index (χ1v) is 7.37. The van der Waals surface area contributed by atoms with Gasteiger partial charge in [0.15, 0.2) is 0 Å². The molecule has 1 heterocycles. The number of fused-ring (bicyclic) bond motifs is 1. The van der Waals surface area contributed by atoms with Gasteiger partial charge in [0.2, 0.25) is 0 Å². The summed E-state index contributed by atoms with van der Waals surface area (Å²) in [5, 5.41) is 3.34. The van der Waals surface area contributed by atoms with Gasteiger partial charge in [0, 0.05) is 31.2 Å². The monoisotopic (exact) mass is 279 g/mol. The second-order valence-electron chi connectivity index (χ2n) is 5.86. The van der Waals surface area contributed by atoms with Crippen LogP contribution in [0.25, 0.3) is 0 Å². The Morgan fingerprint density at radius 3 is 3.00 bits per heavy atom. The summed E-state index contributed by atoms with van der Waals surface area (Å²) < 4.78 is 25.5. The van der Waals surface area contributed by atoms with Crippen LogP contribution in [0.3, 0.4) is 0 Å². The van der Waals surface area contributed by atoms with Gasteiger partial charge in [0.25, 0.3) is 0 Å². The van der Waals surface area contributed by atoms with Crippen LogP contribution in [0.4, 0.5) is 4.39 Å². The van der Waals surface area contributed by atoms with Crippen LogP contribution in [0, 0.1) is 5.82 Å². The third kappa shape index (κ3) is 2.21. The number of hydrogen-bond acceptors (Lipinski definition) is 3. The third-order valence-corrected chi connectivity index (χ3v) is 4.75. The van der Waals surface area contributed by atoms with Crippen molar-refractivity contribution >= 4 is 0 Å². The summed E-state index contributed by atoms with van der Waals surface area (Å²) >= 11 is 0. The van der Waals surface area contributed by atoms with Gasteiger partial charge in [-0.15, -0.1) is 0 Å². The largest absolute Gasteiger partial charge is 0.484 e. The van der Waals surface area contributed by atoms with Crippen molar-refractivity contribution in [1.82, 2.24) is 5.32 Å². The molecule has 3 unspecified atom stereocenters. The summed E-state index contributed by atoms with van der Waals surface area (Å²) in [5.74, 6) is 0.417. The Hall–Kier alpha value is -1.13. The fraction of sp³-hybridized carbons (Fsp3) is 0.625. The van der Waals surface area contributed by atoms with E-state index < -0.39 is 0 Å². The van der Waals surface area contributed by atoms with Crippen LogP contribution >= 0.6 is 0 Å². The number of methoxy groups -OCH3 is 1. The van der Waals surface area contributed by atoms with E-state index >= 15 is 0 Å². The molecular weight excluding hydrogens is 257 g/mol. The molecule has 3 rings (SSSR count). The lowest BCUT2D eigenvalue weighted by atomic mass is 9.75.